The summed E-state index contributed by atoms with van der Waals surface area (Å²) in [6.45, 7) is 4.83. The van der Waals surface area contributed by atoms with Crippen molar-refractivity contribution in [2.45, 2.75) is 57.5 Å². The fourth-order valence-electron chi connectivity index (χ4n) is 3.18. The van der Waals surface area contributed by atoms with E-state index in [2.05, 4.69) is 15.9 Å². The topological polar surface area (TPSA) is 124 Å². The van der Waals surface area contributed by atoms with Gasteiger partial charge in [0.2, 0.25) is 0 Å². The van der Waals surface area contributed by atoms with Gasteiger partial charge in [0.15, 0.2) is 18.3 Å². The number of hydrogen-bond acceptors (Lipinski definition) is 11. The van der Waals surface area contributed by atoms with Gasteiger partial charge in [0, 0.05) is 37.9 Å². The maximum atomic E-state index is 11.8. The number of halogens is 1. The molecular formula is C22H27BrO10S. The first-order valence-electron chi connectivity index (χ1n) is 10.4. The molecule has 1 saturated heterocycles. The summed E-state index contributed by atoms with van der Waals surface area (Å²) in [7, 11) is 0. The van der Waals surface area contributed by atoms with Gasteiger partial charge in [-0.1, -0.05) is 15.9 Å². The summed E-state index contributed by atoms with van der Waals surface area (Å²) in [4.78, 5) is 46.8. The Morgan fingerprint density at radius 3 is 1.97 bits per heavy atom. The Bertz CT molecular complexity index is 862. The van der Waals surface area contributed by atoms with Crippen LogP contribution in [0.1, 0.15) is 27.7 Å². The standard InChI is InChI=1S/C22H27BrO10S/c1-12(24)29-11-18-19(30-13(2)25)20(31-14(3)26)21(32-15(4)27)22(33-18)34-10-9-28-17-7-5-16(23)6-8-17/h5-8,18-22H,9-11H2,1-4H3/t18-,19+,20+,21+,22+/m1/s1. The van der Waals surface area contributed by atoms with Crippen LogP contribution >= 0.6 is 27.7 Å². The predicted molar refractivity (Wildman–Crippen MR) is 124 cm³/mol. The van der Waals surface area contributed by atoms with E-state index in [9.17, 15) is 19.2 Å². The second-order valence-corrected chi connectivity index (χ2v) is 9.36. The first-order valence-corrected chi connectivity index (χ1v) is 12.2. The van der Waals surface area contributed by atoms with Crippen molar-refractivity contribution in [1.82, 2.24) is 0 Å². The summed E-state index contributed by atoms with van der Waals surface area (Å²) in [6, 6.07) is 7.32. The SMILES string of the molecule is CC(=O)OC[C@H]1O[C@@H](SCCOc2ccc(Br)cc2)[C@@H](OC(C)=O)[C@@H](OC(C)=O)[C@H]1OC(C)=O. The normalized spacial score (nSPS) is 24.0. The summed E-state index contributed by atoms with van der Waals surface area (Å²) < 4.78 is 33.9. The third-order valence-corrected chi connectivity index (χ3v) is 6.03. The van der Waals surface area contributed by atoms with E-state index in [1.807, 2.05) is 24.3 Å². The van der Waals surface area contributed by atoms with E-state index < -0.39 is 53.7 Å². The monoisotopic (exact) mass is 562 g/mol. The molecule has 188 valence electrons. The number of ether oxygens (including phenoxy) is 6. The van der Waals surface area contributed by atoms with Crippen LogP contribution in [0.3, 0.4) is 0 Å². The minimum absolute atomic E-state index is 0.260. The Hall–Kier alpha value is -2.31. The zero-order chi connectivity index (χ0) is 25.3. The van der Waals surface area contributed by atoms with E-state index in [4.69, 9.17) is 28.4 Å². The number of rotatable bonds is 10. The van der Waals surface area contributed by atoms with Crippen LogP contribution in [0.15, 0.2) is 28.7 Å². The fourth-order valence-corrected chi connectivity index (χ4v) is 4.48. The Labute approximate surface area is 210 Å². The maximum absolute atomic E-state index is 11.8. The van der Waals surface area contributed by atoms with Crippen LogP contribution in [0.25, 0.3) is 0 Å². The maximum Gasteiger partial charge on any atom is 0.303 e. The molecule has 0 aromatic heterocycles. The average molecular weight is 563 g/mol. The van der Waals surface area contributed by atoms with Gasteiger partial charge in [-0.25, -0.2) is 0 Å². The molecule has 0 amide bonds. The highest BCUT2D eigenvalue weighted by molar-refractivity contribution is 9.10. The van der Waals surface area contributed by atoms with Crippen molar-refractivity contribution in [3.05, 3.63) is 28.7 Å². The van der Waals surface area contributed by atoms with E-state index >= 15 is 0 Å². The third kappa shape index (κ3) is 9.15. The van der Waals surface area contributed by atoms with Crippen LogP contribution in [-0.4, -0.2) is 72.7 Å². The van der Waals surface area contributed by atoms with Crippen LogP contribution in [-0.2, 0) is 42.9 Å². The molecule has 1 aliphatic rings. The summed E-state index contributed by atoms with van der Waals surface area (Å²) >= 11 is 4.61. The first kappa shape index (κ1) is 27.9. The van der Waals surface area contributed by atoms with E-state index in [1.54, 1.807) is 0 Å². The Balaban J connectivity index is 2.20. The van der Waals surface area contributed by atoms with Crippen LogP contribution in [0, 0.1) is 0 Å². The molecule has 2 rings (SSSR count). The van der Waals surface area contributed by atoms with E-state index in [0.717, 1.165) is 4.47 Å². The number of carbonyl (C=O) groups is 4. The zero-order valence-corrected chi connectivity index (χ0v) is 21.6. The molecule has 34 heavy (non-hydrogen) atoms. The van der Waals surface area contributed by atoms with E-state index in [0.29, 0.717) is 18.1 Å². The molecule has 0 spiro atoms. The van der Waals surface area contributed by atoms with Gasteiger partial charge in [-0.15, -0.1) is 11.8 Å². The molecule has 12 heteroatoms. The number of benzene rings is 1. The molecule has 1 fully saturated rings. The molecule has 0 radical (unpaired) electrons. The average Bonchev–Trinajstić information content (AvgIpc) is 2.74. The molecule has 5 atom stereocenters. The largest absolute Gasteiger partial charge is 0.493 e. The molecule has 0 bridgehead atoms. The quantitative estimate of drug-likeness (QED) is 0.237. The van der Waals surface area contributed by atoms with E-state index in [-0.39, 0.29) is 6.61 Å². The Morgan fingerprint density at radius 2 is 1.41 bits per heavy atom. The minimum atomic E-state index is -1.18. The Morgan fingerprint density at radius 1 is 0.853 bits per heavy atom. The number of carbonyl (C=O) groups excluding carboxylic acids is 4. The van der Waals surface area contributed by atoms with Crippen molar-refractivity contribution in [3.8, 4) is 5.75 Å². The summed E-state index contributed by atoms with van der Waals surface area (Å²) in [6.07, 6.45) is -4.39. The highest BCUT2D eigenvalue weighted by Gasteiger charge is 2.52. The zero-order valence-electron chi connectivity index (χ0n) is 19.2. The second-order valence-electron chi connectivity index (χ2n) is 7.24. The van der Waals surface area contributed by atoms with Crippen LogP contribution in [0.5, 0.6) is 5.75 Å². The molecular weight excluding hydrogens is 536 g/mol. The van der Waals surface area contributed by atoms with Gasteiger partial charge < -0.3 is 28.4 Å². The lowest BCUT2D eigenvalue weighted by Gasteiger charge is -2.44. The number of thioether (sulfide) groups is 1. The van der Waals surface area contributed by atoms with Gasteiger partial charge >= 0.3 is 23.9 Å². The Kier molecular flexibility index (Phi) is 11.1. The lowest BCUT2D eigenvalue weighted by atomic mass is 9.99. The molecule has 1 aliphatic heterocycles. The molecule has 1 heterocycles. The number of hydrogen-bond donors (Lipinski definition) is 0. The summed E-state index contributed by atoms with van der Waals surface area (Å²) in [5.41, 5.74) is -0.825. The van der Waals surface area contributed by atoms with Gasteiger partial charge in [-0.3, -0.25) is 19.2 Å². The summed E-state index contributed by atoms with van der Waals surface area (Å²) in [5.74, 6) is -1.45. The third-order valence-electron chi connectivity index (χ3n) is 4.40. The molecule has 1 aromatic rings. The second kappa shape index (κ2) is 13.5. The minimum Gasteiger partial charge on any atom is -0.493 e. The number of esters is 4. The van der Waals surface area contributed by atoms with Gasteiger partial charge in [0.1, 0.15) is 23.9 Å². The molecule has 10 nitrogen and oxygen atoms in total. The van der Waals surface area contributed by atoms with Gasteiger partial charge in [-0.05, 0) is 24.3 Å². The van der Waals surface area contributed by atoms with Crippen LogP contribution in [0.4, 0.5) is 0 Å². The van der Waals surface area contributed by atoms with Crippen molar-refractivity contribution >= 4 is 51.6 Å². The highest BCUT2D eigenvalue weighted by atomic mass is 79.9. The van der Waals surface area contributed by atoms with Crippen molar-refractivity contribution < 1.29 is 47.6 Å². The highest BCUT2D eigenvalue weighted by Crippen LogP contribution is 2.34. The first-order chi connectivity index (χ1) is 16.1. The predicted octanol–water partition coefficient (Wildman–Crippen LogP) is 2.64. The van der Waals surface area contributed by atoms with Crippen LogP contribution < -0.4 is 4.74 Å². The molecule has 0 unspecified atom stereocenters. The fraction of sp³-hybridized carbons (Fsp3) is 0.545. The van der Waals surface area contributed by atoms with Crippen LogP contribution in [0.2, 0.25) is 0 Å². The smallest absolute Gasteiger partial charge is 0.303 e. The molecule has 0 aliphatic carbocycles. The summed E-state index contributed by atoms with van der Waals surface area (Å²) in [5, 5.41) is 0. The van der Waals surface area contributed by atoms with Crippen molar-refractivity contribution in [2.24, 2.45) is 0 Å². The van der Waals surface area contributed by atoms with Gasteiger partial charge in [0.05, 0.1) is 6.61 Å². The lowest BCUT2D eigenvalue weighted by Crippen LogP contribution is -2.61. The molecule has 0 N–H and O–H groups in total. The van der Waals surface area contributed by atoms with Crippen molar-refractivity contribution in [3.63, 3.8) is 0 Å². The lowest BCUT2D eigenvalue weighted by molar-refractivity contribution is -0.237. The van der Waals surface area contributed by atoms with E-state index in [1.165, 1.54) is 39.5 Å². The molecule has 0 saturated carbocycles. The van der Waals surface area contributed by atoms with Crippen molar-refractivity contribution in [2.75, 3.05) is 19.0 Å². The van der Waals surface area contributed by atoms with Gasteiger partial charge in [-0.2, -0.15) is 0 Å². The molecule has 1 aromatic carbocycles. The van der Waals surface area contributed by atoms with Crippen molar-refractivity contribution in [1.29, 1.82) is 0 Å². The van der Waals surface area contributed by atoms with Gasteiger partial charge in [0.25, 0.3) is 0 Å².